The quantitative estimate of drug-likeness (QED) is 0.875. The van der Waals surface area contributed by atoms with Gasteiger partial charge >= 0.3 is 6.03 Å². The summed E-state index contributed by atoms with van der Waals surface area (Å²) in [6, 6.07) is 2.61. The first-order chi connectivity index (χ1) is 9.93. The molecule has 1 aromatic heterocycles. The molecule has 0 saturated heterocycles. The fourth-order valence-electron chi connectivity index (χ4n) is 1.95. The SMILES string of the molecule is CN(C)C(=O)NCCn1c(CCl)nc2cc(F)c(Cl)cc21. The minimum Gasteiger partial charge on any atom is -0.336 e. The van der Waals surface area contributed by atoms with Crippen LogP contribution in [0.3, 0.4) is 0 Å². The van der Waals surface area contributed by atoms with Gasteiger partial charge < -0.3 is 14.8 Å². The first-order valence-electron chi connectivity index (χ1n) is 6.29. The Kier molecular flexibility index (Phi) is 4.90. The Balaban J connectivity index is 2.25. The van der Waals surface area contributed by atoms with Crippen LogP contribution in [0.4, 0.5) is 9.18 Å². The van der Waals surface area contributed by atoms with Gasteiger partial charge in [-0.3, -0.25) is 0 Å². The molecule has 114 valence electrons. The summed E-state index contributed by atoms with van der Waals surface area (Å²) in [6.45, 7) is 0.876. The molecule has 0 aliphatic heterocycles. The Morgan fingerprint density at radius 3 is 2.81 bits per heavy atom. The van der Waals surface area contributed by atoms with Crippen LogP contribution in [0, 0.1) is 5.82 Å². The number of benzene rings is 1. The number of hydrogen-bond acceptors (Lipinski definition) is 2. The number of urea groups is 1. The van der Waals surface area contributed by atoms with Crippen LogP contribution >= 0.6 is 23.2 Å². The zero-order valence-corrected chi connectivity index (χ0v) is 13.2. The molecule has 2 aromatic rings. The molecule has 8 heteroatoms. The maximum Gasteiger partial charge on any atom is 0.316 e. The topological polar surface area (TPSA) is 50.2 Å². The molecule has 0 spiro atoms. The third-order valence-electron chi connectivity index (χ3n) is 3.01. The van der Waals surface area contributed by atoms with Crippen LogP contribution in [0.5, 0.6) is 0 Å². The largest absolute Gasteiger partial charge is 0.336 e. The molecule has 2 rings (SSSR count). The van der Waals surface area contributed by atoms with Gasteiger partial charge in [0.05, 0.1) is 21.9 Å². The van der Waals surface area contributed by atoms with Crippen molar-refractivity contribution in [2.24, 2.45) is 0 Å². The van der Waals surface area contributed by atoms with E-state index in [1.54, 1.807) is 14.1 Å². The van der Waals surface area contributed by atoms with Gasteiger partial charge in [0.1, 0.15) is 11.6 Å². The lowest BCUT2D eigenvalue weighted by molar-refractivity contribution is 0.217. The highest BCUT2D eigenvalue weighted by atomic mass is 35.5. The van der Waals surface area contributed by atoms with Crippen LogP contribution in [0.2, 0.25) is 5.02 Å². The van der Waals surface area contributed by atoms with E-state index in [4.69, 9.17) is 23.2 Å². The Morgan fingerprint density at radius 1 is 1.48 bits per heavy atom. The average Bonchev–Trinajstić information content (AvgIpc) is 2.76. The minimum absolute atomic E-state index is 0.0297. The fourth-order valence-corrected chi connectivity index (χ4v) is 2.32. The number of rotatable bonds is 4. The predicted octanol–water partition coefficient (Wildman–Crippen LogP) is 2.84. The monoisotopic (exact) mass is 332 g/mol. The maximum absolute atomic E-state index is 13.5. The van der Waals surface area contributed by atoms with Gasteiger partial charge in [0.2, 0.25) is 0 Å². The number of alkyl halides is 1. The molecule has 1 aromatic carbocycles. The van der Waals surface area contributed by atoms with Crippen LogP contribution < -0.4 is 5.32 Å². The molecule has 21 heavy (non-hydrogen) atoms. The van der Waals surface area contributed by atoms with Crippen molar-refractivity contribution in [2.75, 3.05) is 20.6 Å². The first-order valence-corrected chi connectivity index (χ1v) is 7.20. The Labute approximate surface area is 131 Å². The third kappa shape index (κ3) is 3.39. The summed E-state index contributed by atoms with van der Waals surface area (Å²) >= 11 is 11.7. The molecule has 0 atom stereocenters. The second-order valence-corrected chi connectivity index (χ2v) is 5.37. The van der Waals surface area contributed by atoms with Crippen molar-refractivity contribution in [3.63, 3.8) is 0 Å². The number of amides is 2. The second-order valence-electron chi connectivity index (χ2n) is 4.69. The minimum atomic E-state index is -0.518. The van der Waals surface area contributed by atoms with Gasteiger partial charge in [-0.05, 0) is 6.07 Å². The third-order valence-corrected chi connectivity index (χ3v) is 3.54. The van der Waals surface area contributed by atoms with Crippen molar-refractivity contribution in [1.82, 2.24) is 19.8 Å². The molecule has 1 N–H and O–H groups in total. The molecule has 0 bridgehead atoms. The summed E-state index contributed by atoms with van der Waals surface area (Å²) in [5.74, 6) is 0.276. The summed E-state index contributed by atoms with van der Waals surface area (Å²) in [7, 11) is 3.32. The molecule has 0 radical (unpaired) electrons. The summed E-state index contributed by atoms with van der Waals surface area (Å²) in [4.78, 5) is 17.2. The van der Waals surface area contributed by atoms with Crippen molar-refractivity contribution in [2.45, 2.75) is 12.4 Å². The molecule has 1 heterocycles. The molecule has 0 saturated carbocycles. The van der Waals surface area contributed by atoms with Crippen molar-refractivity contribution in [3.8, 4) is 0 Å². The van der Waals surface area contributed by atoms with Gasteiger partial charge in [-0.15, -0.1) is 11.6 Å². The highest BCUT2D eigenvalue weighted by Crippen LogP contribution is 2.24. The van der Waals surface area contributed by atoms with E-state index in [0.717, 1.165) is 0 Å². The number of hydrogen-bond donors (Lipinski definition) is 1. The van der Waals surface area contributed by atoms with Gasteiger partial charge in [0.15, 0.2) is 0 Å². The van der Waals surface area contributed by atoms with Crippen molar-refractivity contribution in [1.29, 1.82) is 0 Å². The summed E-state index contributed by atoms with van der Waals surface area (Å²) < 4.78 is 15.3. The van der Waals surface area contributed by atoms with Crippen LogP contribution in [0.1, 0.15) is 5.82 Å². The summed E-state index contributed by atoms with van der Waals surface area (Å²) in [5.41, 5.74) is 1.18. The fraction of sp³-hybridized carbons (Fsp3) is 0.385. The first kappa shape index (κ1) is 15.9. The predicted molar refractivity (Wildman–Crippen MR) is 81.3 cm³/mol. The van der Waals surface area contributed by atoms with E-state index >= 15 is 0 Å². The van der Waals surface area contributed by atoms with Gasteiger partial charge in [-0.1, -0.05) is 11.6 Å². The Hall–Kier alpha value is -1.53. The van der Waals surface area contributed by atoms with Crippen LogP contribution in [0.25, 0.3) is 11.0 Å². The highest BCUT2D eigenvalue weighted by Gasteiger charge is 2.13. The van der Waals surface area contributed by atoms with Crippen LogP contribution in [-0.4, -0.2) is 41.1 Å². The van der Waals surface area contributed by atoms with Crippen molar-refractivity contribution < 1.29 is 9.18 Å². The van der Waals surface area contributed by atoms with Gasteiger partial charge in [0, 0.05) is 33.3 Å². The van der Waals surface area contributed by atoms with E-state index in [1.165, 1.54) is 17.0 Å². The number of imidazole rings is 1. The molecule has 0 aliphatic carbocycles. The van der Waals surface area contributed by atoms with Crippen molar-refractivity contribution in [3.05, 3.63) is 28.8 Å². The van der Waals surface area contributed by atoms with Crippen LogP contribution in [-0.2, 0) is 12.4 Å². The van der Waals surface area contributed by atoms with E-state index in [0.29, 0.717) is 29.9 Å². The highest BCUT2D eigenvalue weighted by molar-refractivity contribution is 6.31. The molecule has 0 fully saturated rings. The second kappa shape index (κ2) is 6.49. The molecule has 5 nitrogen and oxygen atoms in total. The van der Waals surface area contributed by atoms with Crippen molar-refractivity contribution >= 4 is 40.3 Å². The zero-order valence-electron chi connectivity index (χ0n) is 11.7. The van der Waals surface area contributed by atoms with E-state index in [-0.39, 0.29) is 16.9 Å². The number of carbonyl (C=O) groups excluding carboxylic acids is 1. The van der Waals surface area contributed by atoms with E-state index in [9.17, 15) is 9.18 Å². The number of fused-ring (bicyclic) bond motifs is 1. The van der Waals surface area contributed by atoms with E-state index < -0.39 is 5.82 Å². The number of nitrogens with zero attached hydrogens (tertiary/aromatic N) is 3. The molecular weight excluding hydrogens is 318 g/mol. The number of nitrogens with one attached hydrogen (secondary N) is 1. The van der Waals surface area contributed by atoms with E-state index in [2.05, 4.69) is 10.3 Å². The number of carbonyl (C=O) groups is 1. The lowest BCUT2D eigenvalue weighted by Crippen LogP contribution is -2.36. The Morgan fingerprint density at radius 2 is 2.19 bits per heavy atom. The number of halogens is 3. The smallest absolute Gasteiger partial charge is 0.316 e. The Bertz CT molecular complexity index is 672. The van der Waals surface area contributed by atoms with Crippen LogP contribution in [0.15, 0.2) is 12.1 Å². The van der Waals surface area contributed by atoms with Gasteiger partial charge in [-0.2, -0.15) is 0 Å². The molecular formula is C13H15Cl2FN4O. The van der Waals surface area contributed by atoms with E-state index in [1.807, 2.05) is 4.57 Å². The average molecular weight is 333 g/mol. The molecule has 0 unspecified atom stereocenters. The van der Waals surface area contributed by atoms with Gasteiger partial charge in [-0.25, -0.2) is 14.2 Å². The molecule has 2 amide bonds. The maximum atomic E-state index is 13.5. The molecule has 0 aliphatic rings. The zero-order chi connectivity index (χ0) is 15.6. The normalized spacial score (nSPS) is 10.9. The standard InChI is InChI=1S/C13H15Cl2FN4O/c1-19(2)13(21)17-3-4-20-11-5-8(15)9(16)6-10(11)18-12(20)7-14/h5-6H,3-4,7H2,1-2H3,(H,17,21). The number of aromatic nitrogens is 2. The van der Waals surface area contributed by atoms with Gasteiger partial charge in [0.25, 0.3) is 0 Å². The summed E-state index contributed by atoms with van der Waals surface area (Å²) in [6.07, 6.45) is 0. The summed E-state index contributed by atoms with van der Waals surface area (Å²) in [5, 5.41) is 2.78. The lowest BCUT2D eigenvalue weighted by Gasteiger charge is -2.13. The lowest BCUT2D eigenvalue weighted by atomic mass is 10.3.